The van der Waals surface area contributed by atoms with E-state index in [0.29, 0.717) is 25.4 Å². The van der Waals surface area contributed by atoms with E-state index in [4.69, 9.17) is 13.3 Å². The van der Waals surface area contributed by atoms with Crippen LogP contribution in [-0.4, -0.2) is 28.6 Å². The lowest BCUT2D eigenvalue weighted by Crippen LogP contribution is -2.49. The van der Waals surface area contributed by atoms with Gasteiger partial charge < -0.3 is 13.3 Å². The SMILES string of the molecule is CCCCCC(C)[Si](OCC)(OCC)OCC. The highest BCUT2D eigenvalue weighted by Crippen LogP contribution is 2.30. The van der Waals surface area contributed by atoms with Crippen LogP contribution in [0.15, 0.2) is 0 Å². The van der Waals surface area contributed by atoms with Gasteiger partial charge in [0.2, 0.25) is 0 Å². The molecule has 0 saturated carbocycles. The number of unbranched alkanes of at least 4 members (excludes halogenated alkanes) is 2. The second-order valence-electron chi connectivity index (χ2n) is 4.30. The molecule has 0 aliphatic carbocycles. The maximum absolute atomic E-state index is 5.90. The van der Waals surface area contributed by atoms with Gasteiger partial charge in [0.1, 0.15) is 0 Å². The van der Waals surface area contributed by atoms with Gasteiger partial charge in [-0.3, -0.25) is 0 Å². The molecule has 0 rings (SSSR count). The molecular weight excluding hydrogens is 232 g/mol. The Hall–Kier alpha value is 0.0969. The quantitative estimate of drug-likeness (QED) is 0.416. The Morgan fingerprint density at radius 3 is 1.65 bits per heavy atom. The Morgan fingerprint density at radius 1 is 0.824 bits per heavy atom. The Labute approximate surface area is 108 Å². The molecular formula is C13H30O3Si. The van der Waals surface area contributed by atoms with Crippen LogP contribution < -0.4 is 0 Å². The van der Waals surface area contributed by atoms with Crippen molar-refractivity contribution in [1.29, 1.82) is 0 Å². The molecule has 0 bridgehead atoms. The summed E-state index contributed by atoms with van der Waals surface area (Å²) in [6, 6.07) is 0. The summed E-state index contributed by atoms with van der Waals surface area (Å²) in [7, 11) is -2.45. The van der Waals surface area contributed by atoms with Gasteiger partial charge in [-0.15, -0.1) is 0 Å². The van der Waals surface area contributed by atoms with Crippen molar-refractivity contribution in [3.8, 4) is 0 Å². The normalized spacial score (nSPS) is 13.9. The van der Waals surface area contributed by atoms with Crippen LogP contribution in [0.4, 0.5) is 0 Å². The lowest BCUT2D eigenvalue weighted by molar-refractivity contribution is 0.0612. The average molecular weight is 262 g/mol. The first-order valence-electron chi connectivity index (χ1n) is 7.08. The lowest BCUT2D eigenvalue weighted by atomic mass is 10.2. The van der Waals surface area contributed by atoms with Gasteiger partial charge in [-0.05, 0) is 27.2 Å². The smallest absolute Gasteiger partial charge is 0.374 e. The van der Waals surface area contributed by atoms with Crippen LogP contribution in [0.25, 0.3) is 0 Å². The largest absolute Gasteiger partial charge is 0.503 e. The van der Waals surface area contributed by atoms with Crippen LogP contribution in [0.2, 0.25) is 5.54 Å². The van der Waals surface area contributed by atoms with Gasteiger partial charge in [0.15, 0.2) is 0 Å². The summed E-state index contributed by atoms with van der Waals surface area (Å²) in [5.74, 6) is 0. The first-order valence-corrected chi connectivity index (χ1v) is 8.88. The molecule has 3 nitrogen and oxygen atoms in total. The standard InChI is InChI=1S/C13H30O3Si/c1-6-10-11-12-13(5)17(14-7-2,15-8-3)16-9-4/h13H,6-12H2,1-5H3. The Morgan fingerprint density at radius 2 is 1.29 bits per heavy atom. The maximum Gasteiger partial charge on any atom is 0.503 e. The third-order valence-electron chi connectivity index (χ3n) is 2.88. The molecule has 1 unspecified atom stereocenters. The predicted octanol–water partition coefficient (Wildman–Crippen LogP) is 4.01. The summed E-state index contributed by atoms with van der Waals surface area (Å²) in [6.07, 6.45) is 4.90. The number of rotatable bonds is 11. The van der Waals surface area contributed by atoms with Crippen LogP contribution in [0.1, 0.15) is 60.3 Å². The van der Waals surface area contributed by atoms with Crippen molar-refractivity contribution in [3.05, 3.63) is 0 Å². The molecule has 0 amide bonds. The molecule has 17 heavy (non-hydrogen) atoms. The summed E-state index contributed by atoms with van der Waals surface area (Å²) in [4.78, 5) is 0. The van der Waals surface area contributed by atoms with Crippen molar-refractivity contribution >= 4 is 8.80 Å². The summed E-state index contributed by atoms with van der Waals surface area (Å²) in [5, 5.41) is 0. The van der Waals surface area contributed by atoms with Crippen LogP contribution in [0.3, 0.4) is 0 Å². The molecule has 0 N–H and O–H groups in total. The van der Waals surface area contributed by atoms with Crippen molar-refractivity contribution in [2.75, 3.05) is 19.8 Å². The van der Waals surface area contributed by atoms with E-state index >= 15 is 0 Å². The van der Waals surface area contributed by atoms with Crippen molar-refractivity contribution in [1.82, 2.24) is 0 Å². The highest BCUT2D eigenvalue weighted by Gasteiger charge is 2.46. The molecule has 0 saturated heterocycles. The minimum absolute atomic E-state index is 0.397. The van der Waals surface area contributed by atoms with E-state index in [1.54, 1.807) is 0 Å². The van der Waals surface area contributed by atoms with E-state index in [-0.39, 0.29) is 0 Å². The first kappa shape index (κ1) is 17.1. The highest BCUT2D eigenvalue weighted by molar-refractivity contribution is 6.62. The molecule has 0 aromatic carbocycles. The third kappa shape index (κ3) is 6.00. The van der Waals surface area contributed by atoms with E-state index in [1.165, 1.54) is 19.3 Å². The van der Waals surface area contributed by atoms with Crippen LogP contribution in [0.5, 0.6) is 0 Å². The highest BCUT2D eigenvalue weighted by atomic mass is 28.4. The molecule has 104 valence electrons. The van der Waals surface area contributed by atoms with Crippen LogP contribution in [-0.2, 0) is 13.3 Å². The van der Waals surface area contributed by atoms with Crippen molar-refractivity contribution in [3.63, 3.8) is 0 Å². The van der Waals surface area contributed by atoms with Crippen molar-refractivity contribution in [2.45, 2.75) is 65.8 Å². The second-order valence-corrected chi connectivity index (χ2v) is 7.36. The lowest BCUT2D eigenvalue weighted by Gasteiger charge is -2.33. The molecule has 0 aliphatic rings. The van der Waals surface area contributed by atoms with E-state index in [0.717, 1.165) is 6.42 Å². The molecule has 0 heterocycles. The van der Waals surface area contributed by atoms with Crippen LogP contribution >= 0.6 is 0 Å². The zero-order chi connectivity index (χ0) is 13.1. The van der Waals surface area contributed by atoms with Gasteiger partial charge in [0, 0.05) is 25.4 Å². The van der Waals surface area contributed by atoms with Gasteiger partial charge >= 0.3 is 8.80 Å². The van der Waals surface area contributed by atoms with Gasteiger partial charge in [0.05, 0.1) is 0 Å². The van der Waals surface area contributed by atoms with Gasteiger partial charge in [-0.1, -0.05) is 33.1 Å². The molecule has 1 atom stereocenters. The fourth-order valence-corrected chi connectivity index (χ4v) is 4.90. The summed E-state index contributed by atoms with van der Waals surface area (Å²) in [5.41, 5.74) is 0.397. The molecule has 0 aromatic heterocycles. The van der Waals surface area contributed by atoms with E-state index in [9.17, 15) is 0 Å². The average Bonchev–Trinajstić information content (AvgIpc) is 2.30. The molecule has 0 radical (unpaired) electrons. The zero-order valence-electron chi connectivity index (χ0n) is 12.3. The van der Waals surface area contributed by atoms with Gasteiger partial charge in [0.25, 0.3) is 0 Å². The van der Waals surface area contributed by atoms with Gasteiger partial charge in [-0.2, -0.15) is 0 Å². The van der Waals surface area contributed by atoms with Gasteiger partial charge in [-0.25, -0.2) is 0 Å². The Kier molecular flexibility index (Phi) is 10.1. The minimum atomic E-state index is -2.45. The minimum Gasteiger partial charge on any atom is -0.374 e. The fraction of sp³-hybridized carbons (Fsp3) is 1.00. The maximum atomic E-state index is 5.90. The van der Waals surface area contributed by atoms with E-state index in [1.807, 2.05) is 20.8 Å². The fourth-order valence-electron chi connectivity index (χ4n) is 2.03. The summed E-state index contributed by atoms with van der Waals surface area (Å²) in [6.45, 7) is 12.5. The van der Waals surface area contributed by atoms with E-state index < -0.39 is 8.80 Å². The zero-order valence-corrected chi connectivity index (χ0v) is 13.3. The summed E-state index contributed by atoms with van der Waals surface area (Å²) < 4.78 is 17.7. The molecule has 0 aliphatic heterocycles. The Bertz CT molecular complexity index is 159. The number of hydrogen-bond acceptors (Lipinski definition) is 3. The second kappa shape index (κ2) is 10.1. The van der Waals surface area contributed by atoms with Crippen molar-refractivity contribution < 1.29 is 13.3 Å². The third-order valence-corrected chi connectivity index (χ3v) is 6.45. The molecule has 0 spiro atoms. The topological polar surface area (TPSA) is 27.7 Å². The summed E-state index contributed by atoms with van der Waals surface area (Å²) >= 11 is 0. The Balaban J connectivity index is 4.48. The monoisotopic (exact) mass is 262 g/mol. The van der Waals surface area contributed by atoms with E-state index in [2.05, 4.69) is 13.8 Å². The molecule has 0 fully saturated rings. The van der Waals surface area contributed by atoms with Crippen molar-refractivity contribution in [2.24, 2.45) is 0 Å². The number of hydrogen-bond donors (Lipinski definition) is 0. The molecule has 4 heteroatoms. The van der Waals surface area contributed by atoms with Crippen LogP contribution in [0, 0.1) is 0 Å². The predicted molar refractivity (Wildman–Crippen MR) is 74.2 cm³/mol. The molecule has 0 aromatic rings. The first-order chi connectivity index (χ1) is 8.16.